The molecule has 0 bridgehead atoms. The van der Waals surface area contributed by atoms with E-state index in [9.17, 15) is 18.0 Å². The van der Waals surface area contributed by atoms with E-state index < -0.39 is 28.5 Å². The second-order valence-corrected chi connectivity index (χ2v) is 10.7. The molecule has 0 aromatic heterocycles. The number of sulfonamides is 1. The zero-order chi connectivity index (χ0) is 26.7. The number of nitrogens with zero attached hydrogens (tertiary/aromatic N) is 2. The molecule has 1 atom stereocenters. The van der Waals surface area contributed by atoms with Gasteiger partial charge in [0.05, 0.1) is 18.6 Å². The molecule has 0 saturated heterocycles. The number of benzene rings is 2. The molecule has 0 fully saturated rings. The van der Waals surface area contributed by atoms with E-state index in [0.717, 1.165) is 23.4 Å². The largest absolute Gasteiger partial charge is 0.494 e. The Bertz CT molecular complexity index is 1110. The van der Waals surface area contributed by atoms with Crippen LogP contribution in [0, 0.1) is 0 Å². The Morgan fingerprint density at radius 1 is 1.06 bits per heavy atom. The second-order valence-electron chi connectivity index (χ2n) is 8.38. The molecule has 198 valence electrons. The molecule has 2 amide bonds. The van der Waals surface area contributed by atoms with Crippen LogP contribution >= 0.6 is 11.6 Å². The van der Waals surface area contributed by atoms with Crippen LogP contribution in [0.1, 0.15) is 45.6 Å². The first-order valence-corrected chi connectivity index (χ1v) is 14.4. The number of amides is 2. The lowest BCUT2D eigenvalue weighted by Gasteiger charge is -2.33. The average molecular weight is 538 g/mol. The van der Waals surface area contributed by atoms with Gasteiger partial charge < -0.3 is 15.0 Å². The van der Waals surface area contributed by atoms with Gasteiger partial charge in [-0.15, -0.1) is 0 Å². The molecule has 2 aromatic carbocycles. The van der Waals surface area contributed by atoms with Gasteiger partial charge in [0.1, 0.15) is 18.3 Å². The highest BCUT2D eigenvalue weighted by molar-refractivity contribution is 7.92. The molecule has 36 heavy (non-hydrogen) atoms. The summed E-state index contributed by atoms with van der Waals surface area (Å²) in [6.45, 7) is 6.28. The van der Waals surface area contributed by atoms with Crippen molar-refractivity contribution in [2.75, 3.05) is 30.3 Å². The first kappa shape index (κ1) is 29.5. The van der Waals surface area contributed by atoms with Gasteiger partial charge in [-0.3, -0.25) is 13.9 Å². The fourth-order valence-electron chi connectivity index (χ4n) is 3.72. The van der Waals surface area contributed by atoms with Crippen LogP contribution < -0.4 is 14.4 Å². The van der Waals surface area contributed by atoms with E-state index >= 15 is 0 Å². The smallest absolute Gasteiger partial charge is 0.244 e. The number of rotatable bonds is 14. The number of carbonyl (C=O) groups excluding carboxylic acids is 2. The van der Waals surface area contributed by atoms with Crippen LogP contribution in [0.15, 0.2) is 48.5 Å². The van der Waals surface area contributed by atoms with Gasteiger partial charge in [-0.25, -0.2) is 8.42 Å². The minimum absolute atomic E-state index is 0.0685. The van der Waals surface area contributed by atoms with Crippen LogP contribution in [0.5, 0.6) is 5.75 Å². The topological polar surface area (TPSA) is 96.0 Å². The third kappa shape index (κ3) is 8.41. The summed E-state index contributed by atoms with van der Waals surface area (Å²) in [5.74, 6) is -0.193. The average Bonchev–Trinajstić information content (AvgIpc) is 2.83. The van der Waals surface area contributed by atoms with Gasteiger partial charge in [0.2, 0.25) is 21.8 Å². The van der Waals surface area contributed by atoms with Crippen molar-refractivity contribution in [2.24, 2.45) is 0 Å². The van der Waals surface area contributed by atoms with E-state index in [0.29, 0.717) is 41.6 Å². The third-order valence-electron chi connectivity index (χ3n) is 5.63. The van der Waals surface area contributed by atoms with E-state index in [2.05, 4.69) is 5.32 Å². The zero-order valence-corrected chi connectivity index (χ0v) is 22.9. The molecule has 0 unspecified atom stereocenters. The molecule has 8 nitrogen and oxygen atoms in total. The number of nitrogens with one attached hydrogen (secondary N) is 1. The Morgan fingerprint density at radius 3 is 2.28 bits per heavy atom. The number of hydrogen-bond donors (Lipinski definition) is 1. The molecule has 10 heteroatoms. The van der Waals surface area contributed by atoms with E-state index in [1.54, 1.807) is 48.5 Å². The fraction of sp³-hybridized carbons (Fsp3) is 0.462. The number of halogens is 1. The number of carbonyl (C=O) groups is 2. The molecule has 0 spiro atoms. The highest BCUT2D eigenvalue weighted by atomic mass is 35.5. The highest BCUT2D eigenvalue weighted by Crippen LogP contribution is 2.24. The van der Waals surface area contributed by atoms with E-state index in [4.69, 9.17) is 16.3 Å². The van der Waals surface area contributed by atoms with Crippen LogP contribution in [-0.2, 0) is 26.2 Å². The maximum Gasteiger partial charge on any atom is 0.244 e. The van der Waals surface area contributed by atoms with Crippen LogP contribution in [-0.4, -0.2) is 57.1 Å². The van der Waals surface area contributed by atoms with Gasteiger partial charge in [0.25, 0.3) is 0 Å². The number of ether oxygens (including phenoxy) is 1. The lowest BCUT2D eigenvalue weighted by Crippen LogP contribution is -2.52. The molecule has 1 N–H and O–H groups in total. The highest BCUT2D eigenvalue weighted by Gasteiger charge is 2.32. The second kappa shape index (κ2) is 14.1. The monoisotopic (exact) mass is 537 g/mol. The first-order valence-electron chi connectivity index (χ1n) is 12.1. The van der Waals surface area contributed by atoms with Crippen molar-refractivity contribution in [3.8, 4) is 5.75 Å². The van der Waals surface area contributed by atoms with Gasteiger partial charge in [0, 0.05) is 18.1 Å². The van der Waals surface area contributed by atoms with Crippen molar-refractivity contribution in [1.82, 2.24) is 10.2 Å². The Hall–Kier alpha value is -2.78. The SMILES string of the molecule is CCCCNC(=O)[C@H](CC)N(Cc1ccccc1Cl)C(=O)CN(c1ccc(OCC)cc1)S(C)(=O)=O. The van der Waals surface area contributed by atoms with Crippen molar-refractivity contribution >= 4 is 39.1 Å². The molecule has 2 aromatic rings. The number of hydrogen-bond acceptors (Lipinski definition) is 5. The summed E-state index contributed by atoms with van der Waals surface area (Å²) in [7, 11) is -3.80. The van der Waals surface area contributed by atoms with Gasteiger partial charge in [-0.05, 0) is 55.7 Å². The summed E-state index contributed by atoms with van der Waals surface area (Å²) in [4.78, 5) is 28.1. The molecular formula is C26H36ClN3O5S. The summed E-state index contributed by atoms with van der Waals surface area (Å²) in [5.41, 5.74) is 0.992. The van der Waals surface area contributed by atoms with Gasteiger partial charge in [-0.1, -0.05) is 50.1 Å². The van der Waals surface area contributed by atoms with Crippen molar-refractivity contribution in [3.05, 3.63) is 59.1 Å². The van der Waals surface area contributed by atoms with Crippen molar-refractivity contribution < 1.29 is 22.7 Å². The van der Waals surface area contributed by atoms with E-state index in [1.807, 2.05) is 20.8 Å². The third-order valence-corrected chi connectivity index (χ3v) is 7.14. The Kier molecular flexibility index (Phi) is 11.5. The van der Waals surface area contributed by atoms with Gasteiger partial charge in [-0.2, -0.15) is 0 Å². The zero-order valence-electron chi connectivity index (χ0n) is 21.4. The molecule has 0 saturated carbocycles. The Morgan fingerprint density at radius 2 is 1.72 bits per heavy atom. The van der Waals surface area contributed by atoms with Crippen molar-refractivity contribution in [2.45, 2.75) is 52.6 Å². The molecule has 0 aliphatic heterocycles. The Labute approximate surface area is 219 Å². The van der Waals surface area contributed by atoms with Crippen LogP contribution in [0.3, 0.4) is 0 Å². The van der Waals surface area contributed by atoms with Crippen molar-refractivity contribution in [1.29, 1.82) is 0 Å². The minimum atomic E-state index is -3.80. The summed E-state index contributed by atoms with van der Waals surface area (Å²) >= 11 is 6.36. The lowest BCUT2D eigenvalue weighted by molar-refractivity contribution is -0.140. The summed E-state index contributed by atoms with van der Waals surface area (Å²) < 4.78 is 31.8. The van der Waals surface area contributed by atoms with Gasteiger partial charge in [0.15, 0.2) is 0 Å². The number of anilines is 1. The molecule has 0 aliphatic rings. The predicted octanol–water partition coefficient (Wildman–Crippen LogP) is 4.23. The van der Waals surface area contributed by atoms with Crippen LogP contribution in [0.4, 0.5) is 5.69 Å². The quantitative estimate of drug-likeness (QED) is 0.364. The van der Waals surface area contributed by atoms with E-state index in [1.165, 1.54) is 4.90 Å². The molecule has 0 heterocycles. The summed E-state index contributed by atoms with van der Waals surface area (Å²) in [5, 5.41) is 3.35. The number of unbranched alkanes of at least 4 members (excludes halogenated alkanes) is 1. The maximum absolute atomic E-state index is 13.7. The van der Waals surface area contributed by atoms with Crippen LogP contribution in [0.25, 0.3) is 0 Å². The maximum atomic E-state index is 13.7. The van der Waals surface area contributed by atoms with Crippen LogP contribution in [0.2, 0.25) is 5.02 Å². The minimum Gasteiger partial charge on any atom is -0.494 e. The summed E-state index contributed by atoms with van der Waals surface area (Å²) in [6, 6.07) is 12.8. The molecule has 0 radical (unpaired) electrons. The predicted molar refractivity (Wildman–Crippen MR) is 144 cm³/mol. The standard InChI is InChI=1S/C26H36ClN3O5S/c1-5-8-17-28-26(32)24(6-2)29(18-20-11-9-10-12-23(20)27)25(31)19-30(36(4,33)34)21-13-15-22(16-14-21)35-7-3/h9-16,24H,5-8,17-19H2,1-4H3,(H,28,32)/t24-/m0/s1. The fourth-order valence-corrected chi connectivity index (χ4v) is 4.77. The molecular weight excluding hydrogens is 502 g/mol. The summed E-state index contributed by atoms with van der Waals surface area (Å²) in [6.07, 6.45) is 3.14. The van der Waals surface area contributed by atoms with E-state index in [-0.39, 0.29) is 12.5 Å². The first-order chi connectivity index (χ1) is 17.1. The normalized spacial score (nSPS) is 12.0. The molecule has 2 rings (SSSR count). The molecule has 0 aliphatic carbocycles. The van der Waals surface area contributed by atoms with Gasteiger partial charge >= 0.3 is 0 Å². The van der Waals surface area contributed by atoms with Crippen molar-refractivity contribution in [3.63, 3.8) is 0 Å². The Balaban J connectivity index is 2.39. The lowest BCUT2D eigenvalue weighted by atomic mass is 10.1.